The van der Waals surface area contributed by atoms with Crippen LogP contribution in [0.3, 0.4) is 0 Å². The summed E-state index contributed by atoms with van der Waals surface area (Å²) in [5.41, 5.74) is 2.07. The van der Waals surface area contributed by atoms with Gasteiger partial charge in [0.1, 0.15) is 0 Å². The third kappa shape index (κ3) is 3.84. The SMILES string of the molecule is CNC1CCN(Cc2cccc3c2n(C)c(=O)n3N2C(=O)CCCC2=O)CC1.Cl. The van der Waals surface area contributed by atoms with Crippen LogP contribution in [-0.2, 0) is 23.2 Å². The lowest BCUT2D eigenvalue weighted by molar-refractivity contribution is -0.131. The van der Waals surface area contributed by atoms with Crippen LogP contribution in [0.25, 0.3) is 11.0 Å². The van der Waals surface area contributed by atoms with E-state index < -0.39 is 0 Å². The summed E-state index contributed by atoms with van der Waals surface area (Å²) in [6.45, 7) is 2.74. The maximum atomic E-state index is 13.0. The van der Waals surface area contributed by atoms with E-state index >= 15 is 0 Å². The molecule has 1 aromatic heterocycles. The molecule has 2 aliphatic heterocycles. The Bertz CT molecular complexity index is 958. The van der Waals surface area contributed by atoms with Crippen molar-refractivity contribution in [2.45, 2.75) is 44.7 Å². The number of imidazole rings is 1. The van der Waals surface area contributed by atoms with E-state index in [0.29, 0.717) is 18.0 Å². The second kappa shape index (κ2) is 8.69. The topological polar surface area (TPSA) is 79.6 Å². The first-order valence-corrected chi connectivity index (χ1v) is 9.96. The van der Waals surface area contributed by atoms with Gasteiger partial charge in [0.25, 0.3) is 0 Å². The fraction of sp³-hybridized carbons (Fsp3) is 0.550. The monoisotopic (exact) mass is 421 g/mol. The van der Waals surface area contributed by atoms with Gasteiger partial charge in [-0.1, -0.05) is 12.1 Å². The van der Waals surface area contributed by atoms with Gasteiger partial charge in [0, 0.05) is 32.5 Å². The van der Waals surface area contributed by atoms with E-state index in [0.717, 1.165) is 48.6 Å². The van der Waals surface area contributed by atoms with Crippen LogP contribution in [0.5, 0.6) is 0 Å². The molecule has 0 atom stereocenters. The van der Waals surface area contributed by atoms with Gasteiger partial charge < -0.3 is 5.32 Å². The van der Waals surface area contributed by atoms with Gasteiger partial charge in [-0.3, -0.25) is 19.1 Å². The second-order valence-electron chi connectivity index (χ2n) is 7.73. The van der Waals surface area contributed by atoms with Crippen LogP contribution in [0.4, 0.5) is 0 Å². The number of nitrogens with zero attached hydrogens (tertiary/aromatic N) is 4. The molecule has 0 aliphatic carbocycles. The number of amides is 2. The summed E-state index contributed by atoms with van der Waals surface area (Å²) in [5, 5.41) is 4.38. The number of para-hydroxylation sites is 1. The van der Waals surface area contributed by atoms with Gasteiger partial charge in [-0.25, -0.2) is 4.79 Å². The number of nitrogens with one attached hydrogen (secondary N) is 1. The first-order valence-electron chi connectivity index (χ1n) is 9.96. The molecule has 3 heterocycles. The van der Waals surface area contributed by atoms with Gasteiger partial charge >= 0.3 is 5.69 Å². The summed E-state index contributed by atoms with van der Waals surface area (Å²) in [6, 6.07) is 6.29. The highest BCUT2D eigenvalue weighted by molar-refractivity contribution is 6.11. The fourth-order valence-corrected chi connectivity index (χ4v) is 4.38. The number of hydrogen-bond acceptors (Lipinski definition) is 5. The van der Waals surface area contributed by atoms with E-state index in [1.54, 1.807) is 11.6 Å². The molecular weight excluding hydrogens is 394 g/mol. The average molecular weight is 422 g/mol. The van der Waals surface area contributed by atoms with Gasteiger partial charge in [0.2, 0.25) is 11.8 Å². The van der Waals surface area contributed by atoms with Gasteiger partial charge in [0.05, 0.1) is 11.0 Å². The molecule has 2 aliphatic rings. The van der Waals surface area contributed by atoms with Gasteiger partial charge in [-0.05, 0) is 51.0 Å². The molecule has 8 nitrogen and oxygen atoms in total. The first-order chi connectivity index (χ1) is 13.5. The van der Waals surface area contributed by atoms with Gasteiger partial charge in [-0.15, -0.1) is 12.4 Å². The summed E-state index contributed by atoms with van der Waals surface area (Å²) in [6.07, 6.45) is 3.32. The molecule has 9 heteroatoms. The molecule has 4 rings (SSSR count). The van der Waals surface area contributed by atoms with Crippen LogP contribution in [0.1, 0.15) is 37.7 Å². The van der Waals surface area contributed by atoms with Crippen molar-refractivity contribution in [2.75, 3.05) is 25.1 Å². The number of benzene rings is 1. The minimum absolute atomic E-state index is 0. The smallest absolute Gasteiger partial charge is 0.317 e. The Hall–Kier alpha value is -2.16. The summed E-state index contributed by atoms with van der Waals surface area (Å²) in [4.78, 5) is 40.1. The Balaban J connectivity index is 0.00000240. The molecule has 158 valence electrons. The zero-order chi connectivity index (χ0) is 19.8. The number of fused-ring (bicyclic) bond motifs is 1. The number of carbonyl (C=O) groups excluding carboxylic acids is 2. The highest BCUT2D eigenvalue weighted by Crippen LogP contribution is 2.23. The fourth-order valence-electron chi connectivity index (χ4n) is 4.38. The van der Waals surface area contributed by atoms with E-state index in [1.807, 2.05) is 25.2 Å². The molecule has 2 fully saturated rings. The quantitative estimate of drug-likeness (QED) is 0.748. The zero-order valence-electron chi connectivity index (χ0n) is 16.9. The lowest BCUT2D eigenvalue weighted by atomic mass is 10.0. The molecule has 29 heavy (non-hydrogen) atoms. The molecule has 0 spiro atoms. The number of aryl methyl sites for hydroxylation is 1. The molecule has 0 radical (unpaired) electrons. The third-order valence-corrected chi connectivity index (χ3v) is 5.97. The van der Waals surface area contributed by atoms with Crippen molar-refractivity contribution in [2.24, 2.45) is 7.05 Å². The van der Waals surface area contributed by atoms with Crippen molar-refractivity contribution >= 4 is 35.3 Å². The molecule has 1 N–H and O–H groups in total. The van der Waals surface area contributed by atoms with E-state index in [9.17, 15) is 14.4 Å². The molecule has 0 unspecified atom stereocenters. The predicted octanol–water partition coefficient (Wildman–Crippen LogP) is 1.12. The number of aromatic nitrogens is 2. The number of rotatable bonds is 4. The predicted molar refractivity (Wildman–Crippen MR) is 114 cm³/mol. The van der Waals surface area contributed by atoms with Crippen molar-refractivity contribution in [3.63, 3.8) is 0 Å². The lowest BCUT2D eigenvalue weighted by Gasteiger charge is -2.31. The number of piperidine rings is 2. The largest absolute Gasteiger partial charge is 0.348 e. The highest BCUT2D eigenvalue weighted by Gasteiger charge is 2.31. The van der Waals surface area contributed by atoms with Crippen LogP contribution >= 0.6 is 12.4 Å². The van der Waals surface area contributed by atoms with Crippen molar-refractivity contribution in [1.29, 1.82) is 0 Å². The first kappa shape index (κ1) is 21.5. The minimum Gasteiger partial charge on any atom is -0.317 e. The van der Waals surface area contributed by atoms with Gasteiger partial charge in [0.15, 0.2) is 0 Å². The van der Waals surface area contributed by atoms with Crippen molar-refractivity contribution < 1.29 is 9.59 Å². The van der Waals surface area contributed by atoms with Crippen LogP contribution < -0.4 is 16.0 Å². The van der Waals surface area contributed by atoms with E-state index in [2.05, 4.69) is 10.2 Å². The molecular formula is C20H28ClN5O3. The summed E-state index contributed by atoms with van der Waals surface area (Å²) in [7, 11) is 3.71. The van der Waals surface area contributed by atoms with Crippen molar-refractivity contribution in [1.82, 2.24) is 19.5 Å². The average Bonchev–Trinajstić information content (AvgIpc) is 2.94. The van der Waals surface area contributed by atoms with E-state index in [1.165, 1.54) is 4.68 Å². The number of likely N-dealkylation sites (tertiary alicyclic amines) is 1. The lowest BCUT2D eigenvalue weighted by Crippen LogP contribution is -2.52. The molecule has 2 saturated heterocycles. The van der Waals surface area contributed by atoms with Crippen molar-refractivity contribution in [3.05, 3.63) is 34.2 Å². The van der Waals surface area contributed by atoms with E-state index in [4.69, 9.17) is 0 Å². The Labute approximate surface area is 175 Å². The summed E-state index contributed by atoms with van der Waals surface area (Å²) in [5.74, 6) is -0.629. The number of halogens is 1. The third-order valence-electron chi connectivity index (χ3n) is 5.97. The van der Waals surface area contributed by atoms with Crippen molar-refractivity contribution in [3.8, 4) is 0 Å². The molecule has 0 bridgehead atoms. The van der Waals surface area contributed by atoms with Gasteiger partial charge in [-0.2, -0.15) is 9.69 Å². The molecule has 0 saturated carbocycles. The Kier molecular flexibility index (Phi) is 6.45. The Morgan fingerprint density at radius 2 is 1.72 bits per heavy atom. The standard InChI is InChI=1S/C20H27N5O3.ClH/c1-21-15-9-11-23(12-10-15)13-14-5-3-6-16-19(14)22(2)20(28)24(16)25-17(26)7-4-8-18(25)27;/h3,5-6,15,21H,4,7-13H2,1-2H3;1H. The number of hydrogen-bond donors (Lipinski definition) is 1. The van der Waals surface area contributed by atoms with Crippen LogP contribution in [-0.4, -0.2) is 52.1 Å². The second-order valence-corrected chi connectivity index (χ2v) is 7.73. The molecule has 2 amide bonds. The summed E-state index contributed by atoms with van der Waals surface area (Å²) < 4.78 is 2.82. The zero-order valence-corrected chi connectivity index (χ0v) is 17.7. The Morgan fingerprint density at radius 1 is 1.07 bits per heavy atom. The summed E-state index contributed by atoms with van der Waals surface area (Å²) >= 11 is 0. The van der Waals surface area contributed by atoms with Crippen LogP contribution in [0.15, 0.2) is 23.0 Å². The molecule has 2 aromatic rings. The number of imide groups is 1. The normalized spacial score (nSPS) is 19.0. The number of carbonyl (C=O) groups is 2. The maximum absolute atomic E-state index is 13.0. The minimum atomic E-state index is -0.361. The van der Waals surface area contributed by atoms with Crippen LogP contribution in [0, 0.1) is 0 Å². The maximum Gasteiger partial charge on any atom is 0.348 e. The molecule has 1 aromatic carbocycles. The highest BCUT2D eigenvalue weighted by atomic mass is 35.5. The van der Waals surface area contributed by atoms with E-state index in [-0.39, 0.29) is 42.8 Å². The van der Waals surface area contributed by atoms with Crippen LogP contribution in [0.2, 0.25) is 0 Å². The Morgan fingerprint density at radius 3 is 2.34 bits per heavy atom.